The monoisotopic (exact) mass is 549 g/mol. The minimum absolute atomic E-state index is 0.127. The number of ketones is 1. The van der Waals surface area contributed by atoms with E-state index in [1.165, 1.54) is 14.2 Å². The highest BCUT2D eigenvalue weighted by Crippen LogP contribution is 2.51. The molecule has 1 N–H and O–H groups in total. The van der Waals surface area contributed by atoms with Crippen LogP contribution in [0.2, 0.25) is 0 Å². The maximum Gasteiger partial charge on any atom is 0.336 e. The molecular weight excluding hydrogens is 514 g/mol. The predicted molar refractivity (Wildman–Crippen MR) is 147 cm³/mol. The lowest BCUT2D eigenvalue weighted by atomic mass is 9.67. The van der Waals surface area contributed by atoms with Crippen molar-refractivity contribution in [3.05, 3.63) is 76.1 Å². The molecular formula is C31H35NO8. The van der Waals surface area contributed by atoms with Gasteiger partial charge in [-0.3, -0.25) is 9.59 Å². The van der Waals surface area contributed by atoms with Crippen molar-refractivity contribution >= 4 is 17.7 Å². The van der Waals surface area contributed by atoms with Crippen molar-refractivity contribution in [2.75, 3.05) is 34.5 Å². The molecule has 2 aromatic carbocycles. The average molecular weight is 550 g/mol. The van der Waals surface area contributed by atoms with Gasteiger partial charge in [0, 0.05) is 28.4 Å². The van der Waals surface area contributed by atoms with E-state index < -0.39 is 35.5 Å². The molecule has 1 aliphatic carbocycles. The zero-order valence-electron chi connectivity index (χ0n) is 23.7. The van der Waals surface area contributed by atoms with Crippen molar-refractivity contribution in [3.63, 3.8) is 0 Å². The summed E-state index contributed by atoms with van der Waals surface area (Å²) >= 11 is 0. The SMILES string of the molecule is CCOC(=O)C1=C(C)NC2=C(C(=O)[C@H](C(=O)OCC)[C@@H](c3ccc(OC)cc3)C2)[C@@H]1c1cccc(OC)c1OC. The first kappa shape index (κ1) is 28.7. The first-order valence-corrected chi connectivity index (χ1v) is 13.2. The molecule has 2 aromatic rings. The van der Waals surface area contributed by atoms with Crippen LogP contribution in [-0.4, -0.2) is 52.3 Å². The van der Waals surface area contributed by atoms with Crippen molar-refractivity contribution in [3.8, 4) is 17.2 Å². The summed E-state index contributed by atoms with van der Waals surface area (Å²) in [5.74, 6) is -2.56. The van der Waals surface area contributed by atoms with Gasteiger partial charge in [-0.15, -0.1) is 0 Å². The van der Waals surface area contributed by atoms with Crippen molar-refractivity contribution in [2.24, 2.45) is 5.92 Å². The lowest BCUT2D eigenvalue weighted by Gasteiger charge is -2.39. The number of carbonyl (C=O) groups is 3. The first-order valence-electron chi connectivity index (χ1n) is 13.2. The Balaban J connectivity index is 1.95. The molecule has 0 fully saturated rings. The van der Waals surface area contributed by atoms with Crippen molar-refractivity contribution in [1.29, 1.82) is 0 Å². The minimum Gasteiger partial charge on any atom is -0.497 e. The summed E-state index contributed by atoms with van der Waals surface area (Å²) in [5, 5.41) is 3.31. The molecule has 212 valence electrons. The number of ether oxygens (including phenoxy) is 5. The number of benzene rings is 2. The number of allylic oxidation sites excluding steroid dienone is 3. The van der Waals surface area contributed by atoms with Crippen LogP contribution in [0.25, 0.3) is 0 Å². The molecule has 0 saturated heterocycles. The molecule has 2 aliphatic rings. The van der Waals surface area contributed by atoms with E-state index >= 15 is 0 Å². The second kappa shape index (κ2) is 12.3. The van der Waals surface area contributed by atoms with Gasteiger partial charge in [0.15, 0.2) is 17.3 Å². The number of rotatable bonds is 9. The number of hydrogen-bond acceptors (Lipinski definition) is 9. The van der Waals surface area contributed by atoms with Crippen LogP contribution in [0.1, 0.15) is 50.2 Å². The minimum atomic E-state index is -1.12. The Morgan fingerprint density at radius 1 is 0.925 bits per heavy atom. The van der Waals surface area contributed by atoms with Crippen LogP contribution in [0.3, 0.4) is 0 Å². The number of methoxy groups -OCH3 is 3. The molecule has 1 heterocycles. The molecule has 9 heteroatoms. The van der Waals surface area contributed by atoms with E-state index in [2.05, 4.69) is 5.32 Å². The van der Waals surface area contributed by atoms with Crippen LogP contribution >= 0.6 is 0 Å². The molecule has 1 aliphatic heterocycles. The van der Waals surface area contributed by atoms with Crippen LogP contribution in [-0.2, 0) is 23.9 Å². The number of nitrogens with one attached hydrogen (secondary N) is 1. The highest BCUT2D eigenvalue weighted by molar-refractivity contribution is 6.13. The molecule has 0 bridgehead atoms. The van der Waals surface area contributed by atoms with Crippen LogP contribution < -0.4 is 19.5 Å². The summed E-state index contributed by atoms with van der Waals surface area (Å²) in [6.07, 6.45) is 0.340. The van der Waals surface area contributed by atoms with Gasteiger partial charge in [-0.1, -0.05) is 24.3 Å². The van der Waals surface area contributed by atoms with Gasteiger partial charge < -0.3 is 29.0 Å². The second-order valence-electron chi connectivity index (χ2n) is 9.47. The van der Waals surface area contributed by atoms with Gasteiger partial charge in [0.25, 0.3) is 0 Å². The van der Waals surface area contributed by atoms with E-state index in [0.717, 1.165) is 5.56 Å². The Morgan fingerprint density at radius 3 is 2.23 bits per heavy atom. The van der Waals surface area contributed by atoms with Gasteiger partial charge >= 0.3 is 11.9 Å². The highest BCUT2D eigenvalue weighted by Gasteiger charge is 2.49. The van der Waals surface area contributed by atoms with Crippen LogP contribution in [0, 0.1) is 5.92 Å². The number of dihydropyridines is 1. The smallest absolute Gasteiger partial charge is 0.336 e. The van der Waals surface area contributed by atoms with E-state index in [1.807, 2.05) is 12.1 Å². The first-order chi connectivity index (χ1) is 19.3. The normalized spacial score (nSPS) is 20.4. The Labute approximate surface area is 234 Å². The maximum absolute atomic E-state index is 14.5. The Kier molecular flexibility index (Phi) is 8.82. The van der Waals surface area contributed by atoms with Crippen LogP contribution in [0.4, 0.5) is 0 Å². The fourth-order valence-corrected chi connectivity index (χ4v) is 5.63. The van der Waals surface area contributed by atoms with Gasteiger partial charge in [-0.2, -0.15) is 0 Å². The Morgan fingerprint density at radius 2 is 1.62 bits per heavy atom. The van der Waals surface area contributed by atoms with Gasteiger partial charge in [-0.05, 0) is 51.0 Å². The van der Waals surface area contributed by atoms with Gasteiger partial charge in [-0.25, -0.2) is 4.79 Å². The average Bonchev–Trinajstić information content (AvgIpc) is 2.95. The third kappa shape index (κ3) is 5.15. The fourth-order valence-electron chi connectivity index (χ4n) is 5.63. The van der Waals surface area contributed by atoms with E-state index in [-0.39, 0.29) is 18.8 Å². The summed E-state index contributed by atoms with van der Waals surface area (Å²) in [7, 11) is 4.60. The van der Waals surface area contributed by atoms with Crippen LogP contribution in [0.5, 0.6) is 17.2 Å². The largest absolute Gasteiger partial charge is 0.497 e. The van der Waals surface area contributed by atoms with Crippen molar-refractivity contribution in [2.45, 2.75) is 39.0 Å². The molecule has 0 unspecified atom stereocenters. The molecule has 0 amide bonds. The zero-order chi connectivity index (χ0) is 29.0. The van der Waals surface area contributed by atoms with E-state index in [1.54, 1.807) is 58.2 Å². The topological polar surface area (TPSA) is 109 Å². The standard InChI is InChI=1S/C31H35NO8/c1-7-39-30(34)24-17(3)32-22-16-21(18-12-14-19(36-4)15-13-18)26(31(35)40-8-2)28(33)27(22)25(24)20-10-9-11-23(37-5)29(20)38-6/h9-15,21,25-26,32H,7-8,16H2,1-6H3/t21-,25-,26-/m1/s1. The zero-order valence-corrected chi connectivity index (χ0v) is 23.7. The summed E-state index contributed by atoms with van der Waals surface area (Å²) in [6, 6.07) is 12.6. The molecule has 0 aromatic heterocycles. The van der Waals surface area contributed by atoms with E-state index in [0.29, 0.717) is 46.2 Å². The summed E-state index contributed by atoms with van der Waals surface area (Å²) in [4.78, 5) is 41.2. The number of hydrogen-bond donors (Lipinski definition) is 1. The molecule has 9 nitrogen and oxygen atoms in total. The Hall–Kier alpha value is -4.27. The molecule has 0 spiro atoms. The van der Waals surface area contributed by atoms with Gasteiger partial charge in [0.2, 0.25) is 0 Å². The highest BCUT2D eigenvalue weighted by atomic mass is 16.5. The third-order valence-corrected chi connectivity index (χ3v) is 7.34. The quantitative estimate of drug-likeness (QED) is 0.359. The number of carbonyl (C=O) groups excluding carboxylic acids is 3. The van der Waals surface area contributed by atoms with Crippen LogP contribution in [0.15, 0.2) is 65.0 Å². The number of esters is 2. The predicted octanol–water partition coefficient (Wildman–Crippen LogP) is 4.43. The second-order valence-corrected chi connectivity index (χ2v) is 9.47. The van der Waals surface area contributed by atoms with Gasteiger partial charge in [0.1, 0.15) is 11.7 Å². The van der Waals surface area contributed by atoms with Crippen molar-refractivity contribution < 1.29 is 38.1 Å². The molecule has 3 atom stereocenters. The molecule has 40 heavy (non-hydrogen) atoms. The summed E-state index contributed by atoms with van der Waals surface area (Å²) < 4.78 is 27.4. The lowest BCUT2D eigenvalue weighted by molar-refractivity contribution is -0.152. The van der Waals surface area contributed by atoms with Gasteiger partial charge in [0.05, 0.1) is 46.0 Å². The Bertz CT molecular complexity index is 1360. The summed E-state index contributed by atoms with van der Waals surface area (Å²) in [5.41, 5.74) is 3.12. The third-order valence-electron chi connectivity index (χ3n) is 7.34. The van der Waals surface area contributed by atoms with E-state index in [9.17, 15) is 14.4 Å². The molecule has 4 rings (SSSR count). The maximum atomic E-state index is 14.5. The number of para-hydroxylation sites is 1. The molecule has 0 saturated carbocycles. The van der Waals surface area contributed by atoms with Crippen molar-refractivity contribution in [1.82, 2.24) is 5.32 Å². The molecule has 0 radical (unpaired) electrons. The summed E-state index contributed by atoms with van der Waals surface area (Å²) in [6.45, 7) is 5.48. The fraction of sp³-hybridized carbons (Fsp3) is 0.387. The van der Waals surface area contributed by atoms with E-state index in [4.69, 9.17) is 23.7 Å². The lowest BCUT2D eigenvalue weighted by Crippen LogP contribution is -2.43. The number of Topliss-reactive ketones (excluding diaryl/α,β-unsaturated/α-hetero) is 1.